The molecule has 1 rings (SSSR count). The number of sulfonamides is 1. The molecule has 3 N–H and O–H groups in total. The van der Waals surface area contributed by atoms with Crippen LogP contribution in [-0.4, -0.2) is 41.9 Å². The number of benzene rings is 1. The number of hydrogen-bond acceptors (Lipinski definition) is 5. The molecule has 0 radical (unpaired) electrons. The quantitative estimate of drug-likeness (QED) is 0.651. The molecule has 114 valence electrons. The smallest absolute Gasteiger partial charge is 0.240 e. The van der Waals surface area contributed by atoms with E-state index in [1.54, 1.807) is 12.1 Å². The summed E-state index contributed by atoms with van der Waals surface area (Å²) in [4.78, 5) is 0.164. The van der Waals surface area contributed by atoms with E-state index in [9.17, 15) is 16.8 Å². The van der Waals surface area contributed by atoms with Crippen LogP contribution in [0.5, 0.6) is 0 Å². The van der Waals surface area contributed by atoms with Gasteiger partial charge in [0.2, 0.25) is 10.0 Å². The van der Waals surface area contributed by atoms with Gasteiger partial charge in [-0.15, -0.1) is 0 Å². The van der Waals surface area contributed by atoms with E-state index < -0.39 is 19.9 Å². The van der Waals surface area contributed by atoms with Crippen molar-refractivity contribution in [3.63, 3.8) is 0 Å². The highest BCUT2D eigenvalue weighted by Crippen LogP contribution is 2.10. The van der Waals surface area contributed by atoms with Crippen molar-refractivity contribution in [1.82, 2.24) is 4.72 Å². The van der Waals surface area contributed by atoms with Crippen molar-refractivity contribution < 1.29 is 16.8 Å². The number of nitrogens with two attached hydrogens (primary N) is 1. The molecule has 6 nitrogen and oxygen atoms in total. The Balaban J connectivity index is 2.60. The summed E-state index contributed by atoms with van der Waals surface area (Å²) < 4.78 is 48.1. The third-order valence-corrected chi connectivity index (χ3v) is 5.16. The fourth-order valence-corrected chi connectivity index (χ4v) is 3.37. The first kappa shape index (κ1) is 17.1. The predicted molar refractivity (Wildman–Crippen MR) is 78.7 cm³/mol. The third-order valence-electron chi connectivity index (χ3n) is 2.65. The van der Waals surface area contributed by atoms with Gasteiger partial charge in [-0.3, -0.25) is 0 Å². The summed E-state index contributed by atoms with van der Waals surface area (Å²) >= 11 is 0. The molecule has 0 aliphatic heterocycles. The number of sulfone groups is 1. The van der Waals surface area contributed by atoms with Gasteiger partial charge in [0.1, 0.15) is 9.84 Å². The van der Waals surface area contributed by atoms with Gasteiger partial charge in [-0.25, -0.2) is 21.6 Å². The van der Waals surface area contributed by atoms with E-state index in [1.807, 2.05) is 0 Å². The minimum atomic E-state index is -3.59. The molecule has 0 heterocycles. The molecule has 0 bridgehead atoms. The van der Waals surface area contributed by atoms with Gasteiger partial charge in [0.05, 0.1) is 10.6 Å². The highest BCUT2D eigenvalue weighted by molar-refractivity contribution is 7.90. The van der Waals surface area contributed by atoms with Crippen molar-refractivity contribution in [2.45, 2.75) is 17.7 Å². The molecule has 0 amide bonds. The van der Waals surface area contributed by atoms with Crippen LogP contribution in [-0.2, 0) is 26.3 Å². The number of hydrogen-bond donors (Lipinski definition) is 2. The highest BCUT2D eigenvalue weighted by atomic mass is 32.2. The van der Waals surface area contributed by atoms with Crippen LogP contribution in [0.25, 0.3) is 0 Å². The van der Waals surface area contributed by atoms with Crippen molar-refractivity contribution >= 4 is 19.9 Å². The first-order chi connectivity index (χ1) is 9.24. The molecule has 1 aromatic carbocycles. The van der Waals surface area contributed by atoms with Gasteiger partial charge in [-0.2, -0.15) is 0 Å². The van der Waals surface area contributed by atoms with Crippen LogP contribution in [0.2, 0.25) is 0 Å². The molecule has 0 aliphatic rings. The maximum atomic E-state index is 11.9. The summed E-state index contributed by atoms with van der Waals surface area (Å²) in [5.41, 5.74) is 6.40. The van der Waals surface area contributed by atoms with E-state index in [2.05, 4.69) is 4.72 Å². The summed E-state index contributed by atoms with van der Waals surface area (Å²) in [5.74, 6) is -0.0367. The first-order valence-corrected chi connectivity index (χ1v) is 9.75. The van der Waals surface area contributed by atoms with Crippen molar-refractivity contribution in [2.24, 2.45) is 5.73 Å². The van der Waals surface area contributed by atoms with Gasteiger partial charge in [-0.05, 0) is 37.1 Å². The minimum absolute atomic E-state index is 0.0367. The zero-order valence-corrected chi connectivity index (χ0v) is 13.0. The SMILES string of the molecule is CS(=O)(=O)CCCNS(=O)(=O)c1ccc(CCN)cc1. The zero-order chi connectivity index (χ0) is 15.2. The van der Waals surface area contributed by atoms with Crippen LogP contribution in [0.3, 0.4) is 0 Å². The minimum Gasteiger partial charge on any atom is -0.330 e. The normalized spacial score (nSPS) is 12.5. The van der Waals surface area contributed by atoms with Crippen LogP contribution in [0, 0.1) is 0 Å². The summed E-state index contributed by atoms with van der Waals surface area (Å²) in [6.45, 7) is 0.607. The van der Waals surface area contributed by atoms with E-state index in [0.717, 1.165) is 11.8 Å². The fraction of sp³-hybridized carbons (Fsp3) is 0.500. The second kappa shape index (κ2) is 7.16. The number of rotatable bonds is 8. The van der Waals surface area contributed by atoms with Gasteiger partial charge in [-0.1, -0.05) is 12.1 Å². The van der Waals surface area contributed by atoms with Gasteiger partial charge in [0.25, 0.3) is 0 Å². The molecule has 0 spiro atoms. The van der Waals surface area contributed by atoms with Crippen LogP contribution in [0.15, 0.2) is 29.2 Å². The van der Waals surface area contributed by atoms with Crippen LogP contribution in [0.1, 0.15) is 12.0 Å². The van der Waals surface area contributed by atoms with E-state index >= 15 is 0 Å². The molecule has 0 aromatic heterocycles. The first-order valence-electron chi connectivity index (χ1n) is 6.21. The van der Waals surface area contributed by atoms with Gasteiger partial charge in [0, 0.05) is 12.8 Å². The second-order valence-electron chi connectivity index (χ2n) is 4.56. The van der Waals surface area contributed by atoms with Gasteiger partial charge in [0.15, 0.2) is 0 Å². The Kier molecular flexibility index (Phi) is 6.12. The molecule has 0 saturated carbocycles. The van der Waals surface area contributed by atoms with Crippen LogP contribution in [0.4, 0.5) is 0 Å². The lowest BCUT2D eigenvalue weighted by atomic mass is 10.2. The molecule has 0 unspecified atom stereocenters. The van der Waals surface area contributed by atoms with E-state index in [4.69, 9.17) is 5.73 Å². The molecular weight excluding hydrogens is 300 g/mol. The molecule has 1 aromatic rings. The lowest BCUT2D eigenvalue weighted by Gasteiger charge is -2.07. The summed E-state index contributed by atoms with van der Waals surface area (Å²) in [6, 6.07) is 6.48. The molecule has 0 aliphatic carbocycles. The largest absolute Gasteiger partial charge is 0.330 e. The van der Waals surface area contributed by atoms with Crippen LogP contribution >= 0.6 is 0 Å². The maximum absolute atomic E-state index is 11.9. The Hall–Kier alpha value is -0.960. The third kappa shape index (κ3) is 6.00. The van der Waals surface area contributed by atoms with Crippen molar-refractivity contribution in [3.8, 4) is 0 Å². The van der Waals surface area contributed by atoms with E-state index in [1.165, 1.54) is 12.1 Å². The van der Waals surface area contributed by atoms with Gasteiger partial charge < -0.3 is 5.73 Å². The summed E-state index contributed by atoms with van der Waals surface area (Å²) in [6.07, 6.45) is 2.07. The fourth-order valence-electron chi connectivity index (χ4n) is 1.63. The predicted octanol–water partition coefficient (Wildman–Crippen LogP) is -0.0992. The zero-order valence-electron chi connectivity index (χ0n) is 11.4. The lowest BCUT2D eigenvalue weighted by molar-refractivity contribution is 0.577. The van der Waals surface area contributed by atoms with Crippen molar-refractivity contribution in [1.29, 1.82) is 0 Å². The molecule has 8 heteroatoms. The number of nitrogens with one attached hydrogen (secondary N) is 1. The average molecular weight is 320 g/mol. The molecule has 0 atom stereocenters. The second-order valence-corrected chi connectivity index (χ2v) is 8.59. The molecule has 0 fully saturated rings. The van der Waals surface area contributed by atoms with Crippen LogP contribution < -0.4 is 10.5 Å². The molecular formula is C12H20N2O4S2. The Labute approximate surface area is 120 Å². The van der Waals surface area contributed by atoms with Crippen molar-refractivity contribution in [2.75, 3.05) is 25.1 Å². The molecule has 0 saturated heterocycles. The monoisotopic (exact) mass is 320 g/mol. The lowest BCUT2D eigenvalue weighted by Crippen LogP contribution is -2.26. The van der Waals surface area contributed by atoms with Crippen molar-refractivity contribution in [3.05, 3.63) is 29.8 Å². The Morgan fingerprint density at radius 3 is 2.20 bits per heavy atom. The standard InChI is InChI=1S/C12H20N2O4S2/c1-19(15,16)10-2-9-14-20(17,18)12-5-3-11(4-6-12)7-8-13/h3-6,14H,2,7-10,13H2,1H3. The Morgan fingerprint density at radius 1 is 1.10 bits per heavy atom. The van der Waals surface area contributed by atoms with E-state index in [0.29, 0.717) is 13.0 Å². The van der Waals surface area contributed by atoms with Gasteiger partial charge >= 0.3 is 0 Å². The Morgan fingerprint density at radius 2 is 1.70 bits per heavy atom. The Bertz CT molecular complexity index is 622. The summed E-state index contributed by atoms with van der Waals surface area (Å²) in [7, 11) is -6.65. The maximum Gasteiger partial charge on any atom is 0.240 e. The average Bonchev–Trinajstić information content (AvgIpc) is 2.35. The van der Waals surface area contributed by atoms with E-state index in [-0.39, 0.29) is 23.6 Å². The molecule has 20 heavy (non-hydrogen) atoms. The highest BCUT2D eigenvalue weighted by Gasteiger charge is 2.13. The summed E-state index contributed by atoms with van der Waals surface area (Å²) in [5, 5.41) is 0. The topological polar surface area (TPSA) is 106 Å².